The zero-order valence-electron chi connectivity index (χ0n) is 12.8. The molecule has 3 heterocycles. The molecule has 23 heavy (non-hydrogen) atoms. The summed E-state index contributed by atoms with van der Waals surface area (Å²) < 4.78 is 3.90. The third kappa shape index (κ3) is 4.47. The monoisotopic (exact) mass is 446 g/mol. The van der Waals surface area contributed by atoms with Crippen molar-refractivity contribution < 1.29 is 0 Å². The zero-order chi connectivity index (χ0) is 15.4. The van der Waals surface area contributed by atoms with Crippen LogP contribution in [0.3, 0.4) is 0 Å². The molecule has 0 amide bonds. The SMILES string of the molecule is Cc1nnsc1CN=C(N)N1CCN(c2ncccn2)CC1.I. The smallest absolute Gasteiger partial charge is 0.225 e. The molecule has 0 unspecified atom stereocenters. The number of nitrogens with two attached hydrogens (primary N) is 1. The number of aliphatic imine (C=N–C) groups is 1. The van der Waals surface area contributed by atoms with Crippen LogP contribution in [0.2, 0.25) is 0 Å². The Morgan fingerprint density at radius 2 is 1.96 bits per heavy atom. The number of halogens is 1. The lowest BCUT2D eigenvalue weighted by Gasteiger charge is -2.35. The van der Waals surface area contributed by atoms with Gasteiger partial charge >= 0.3 is 0 Å². The number of nitrogens with zero attached hydrogens (tertiary/aromatic N) is 7. The van der Waals surface area contributed by atoms with Crippen LogP contribution in [0.4, 0.5) is 5.95 Å². The first-order valence-corrected chi connectivity index (χ1v) is 7.86. The van der Waals surface area contributed by atoms with E-state index in [1.165, 1.54) is 11.5 Å². The minimum absolute atomic E-state index is 0. The maximum atomic E-state index is 6.09. The van der Waals surface area contributed by atoms with Crippen LogP contribution in [0, 0.1) is 6.92 Å². The number of piperazine rings is 1. The van der Waals surface area contributed by atoms with Crippen molar-refractivity contribution >= 4 is 47.4 Å². The molecule has 1 aliphatic rings. The topological polar surface area (TPSA) is 96.4 Å². The average molecular weight is 446 g/mol. The second-order valence-corrected chi connectivity index (χ2v) is 5.82. The lowest BCUT2D eigenvalue weighted by Crippen LogP contribution is -2.51. The summed E-state index contributed by atoms with van der Waals surface area (Å²) in [4.78, 5) is 18.3. The Hall–Kier alpha value is -1.56. The number of rotatable bonds is 3. The largest absolute Gasteiger partial charge is 0.370 e. The fraction of sp³-hybridized carbons (Fsp3) is 0.462. The van der Waals surface area contributed by atoms with Crippen molar-refractivity contribution in [3.63, 3.8) is 0 Å². The van der Waals surface area contributed by atoms with Gasteiger partial charge in [0.25, 0.3) is 0 Å². The van der Waals surface area contributed by atoms with Crippen LogP contribution < -0.4 is 10.6 Å². The third-order valence-corrected chi connectivity index (χ3v) is 4.38. The van der Waals surface area contributed by atoms with Crippen molar-refractivity contribution in [1.29, 1.82) is 0 Å². The van der Waals surface area contributed by atoms with Crippen LogP contribution in [0.25, 0.3) is 0 Å². The second-order valence-electron chi connectivity index (χ2n) is 4.98. The van der Waals surface area contributed by atoms with Gasteiger partial charge in [-0.25, -0.2) is 15.0 Å². The Morgan fingerprint density at radius 1 is 1.26 bits per heavy atom. The number of hydrogen-bond donors (Lipinski definition) is 1. The molecule has 3 rings (SSSR count). The normalized spacial score (nSPS) is 15.4. The van der Waals surface area contributed by atoms with Gasteiger partial charge in [-0.1, -0.05) is 4.49 Å². The molecule has 0 aromatic carbocycles. The van der Waals surface area contributed by atoms with E-state index in [4.69, 9.17) is 5.73 Å². The molecule has 0 atom stereocenters. The molecule has 0 bridgehead atoms. The van der Waals surface area contributed by atoms with Crippen LogP contribution in [-0.4, -0.2) is 56.6 Å². The van der Waals surface area contributed by atoms with E-state index in [1.807, 2.05) is 13.0 Å². The van der Waals surface area contributed by atoms with Crippen LogP contribution in [0.5, 0.6) is 0 Å². The van der Waals surface area contributed by atoms with Gasteiger partial charge in [0.15, 0.2) is 5.96 Å². The highest BCUT2D eigenvalue weighted by molar-refractivity contribution is 14.0. The van der Waals surface area contributed by atoms with E-state index in [2.05, 4.69) is 34.3 Å². The Morgan fingerprint density at radius 3 is 2.57 bits per heavy atom. The molecule has 1 fully saturated rings. The molecule has 1 saturated heterocycles. The number of hydrogen-bond acceptors (Lipinski definition) is 7. The molecule has 2 aromatic heterocycles. The van der Waals surface area contributed by atoms with Crippen LogP contribution in [-0.2, 0) is 6.54 Å². The molecule has 0 spiro atoms. The van der Waals surface area contributed by atoms with Crippen LogP contribution >= 0.6 is 35.5 Å². The lowest BCUT2D eigenvalue weighted by atomic mass is 10.3. The molecule has 0 saturated carbocycles. The molecule has 8 nitrogen and oxygen atoms in total. The van der Waals surface area contributed by atoms with Gasteiger partial charge in [-0.2, -0.15) is 0 Å². The summed E-state index contributed by atoms with van der Waals surface area (Å²) in [5.74, 6) is 1.34. The number of guanidine groups is 1. The highest BCUT2D eigenvalue weighted by atomic mass is 127. The van der Waals surface area contributed by atoms with Gasteiger partial charge in [0.1, 0.15) is 0 Å². The van der Waals surface area contributed by atoms with Crippen molar-refractivity contribution in [1.82, 2.24) is 24.5 Å². The molecule has 2 N–H and O–H groups in total. The van der Waals surface area contributed by atoms with Gasteiger partial charge in [-0.05, 0) is 24.5 Å². The number of aryl methyl sites for hydroxylation is 1. The van der Waals surface area contributed by atoms with E-state index >= 15 is 0 Å². The summed E-state index contributed by atoms with van der Waals surface area (Å²) in [6.45, 7) is 5.77. The molecule has 124 valence electrons. The van der Waals surface area contributed by atoms with Crippen molar-refractivity contribution in [3.05, 3.63) is 29.0 Å². The maximum absolute atomic E-state index is 6.09. The summed E-state index contributed by atoms with van der Waals surface area (Å²) in [5, 5.41) is 3.97. The van der Waals surface area contributed by atoms with Crippen LogP contribution in [0.1, 0.15) is 10.6 Å². The summed E-state index contributed by atoms with van der Waals surface area (Å²) in [6.07, 6.45) is 3.52. The van der Waals surface area contributed by atoms with E-state index in [1.54, 1.807) is 12.4 Å². The van der Waals surface area contributed by atoms with Gasteiger partial charge in [-0.3, -0.25) is 0 Å². The minimum Gasteiger partial charge on any atom is -0.370 e. The first-order chi connectivity index (χ1) is 10.7. The summed E-state index contributed by atoms with van der Waals surface area (Å²) >= 11 is 1.37. The fourth-order valence-electron chi connectivity index (χ4n) is 2.24. The van der Waals surface area contributed by atoms with Crippen molar-refractivity contribution in [2.45, 2.75) is 13.5 Å². The van der Waals surface area contributed by atoms with Gasteiger partial charge < -0.3 is 15.5 Å². The van der Waals surface area contributed by atoms with Gasteiger partial charge in [-0.15, -0.1) is 29.1 Å². The Balaban J connectivity index is 0.00000192. The van der Waals surface area contributed by atoms with Gasteiger partial charge in [0.2, 0.25) is 5.95 Å². The van der Waals surface area contributed by atoms with Crippen molar-refractivity contribution in [2.75, 3.05) is 31.1 Å². The van der Waals surface area contributed by atoms with Gasteiger partial charge in [0.05, 0.1) is 17.1 Å². The highest BCUT2D eigenvalue weighted by Crippen LogP contribution is 2.12. The van der Waals surface area contributed by atoms with E-state index in [0.717, 1.165) is 42.7 Å². The highest BCUT2D eigenvalue weighted by Gasteiger charge is 2.19. The molecule has 10 heteroatoms. The Labute approximate surface area is 156 Å². The summed E-state index contributed by atoms with van der Waals surface area (Å²) in [6, 6.07) is 1.82. The van der Waals surface area contributed by atoms with Gasteiger partial charge in [0, 0.05) is 38.6 Å². The van der Waals surface area contributed by atoms with Crippen LogP contribution in [0.15, 0.2) is 23.5 Å². The second kappa shape index (κ2) is 8.34. The van der Waals surface area contributed by atoms with Crippen molar-refractivity contribution in [3.8, 4) is 0 Å². The summed E-state index contributed by atoms with van der Waals surface area (Å²) in [7, 11) is 0. The maximum Gasteiger partial charge on any atom is 0.225 e. The zero-order valence-corrected chi connectivity index (χ0v) is 15.9. The molecule has 0 radical (unpaired) electrons. The van der Waals surface area contributed by atoms with E-state index < -0.39 is 0 Å². The predicted octanol–water partition coefficient (Wildman–Crippen LogP) is 0.891. The first kappa shape index (κ1) is 17.8. The standard InChI is InChI=1S/C13H18N8S.HI/c1-10-11(22-19-18-10)9-17-12(14)20-5-7-21(8-6-20)13-15-3-2-4-16-13;/h2-4H,5-9H2,1H3,(H2,14,17);1H. The van der Waals surface area contributed by atoms with Crippen molar-refractivity contribution in [2.24, 2.45) is 10.7 Å². The fourth-order valence-corrected chi connectivity index (χ4v) is 2.80. The Bertz CT molecular complexity index is 638. The van der Waals surface area contributed by atoms with E-state index in [9.17, 15) is 0 Å². The Kier molecular flexibility index (Phi) is 6.45. The minimum atomic E-state index is 0. The molecule has 0 aliphatic carbocycles. The molecular formula is C13H19IN8S. The predicted molar refractivity (Wildman–Crippen MR) is 101 cm³/mol. The van der Waals surface area contributed by atoms with E-state index in [0.29, 0.717) is 12.5 Å². The number of anilines is 1. The molecule has 1 aliphatic heterocycles. The summed E-state index contributed by atoms with van der Waals surface area (Å²) in [5.41, 5.74) is 7.01. The molecular weight excluding hydrogens is 427 g/mol. The van der Waals surface area contributed by atoms with E-state index in [-0.39, 0.29) is 24.0 Å². The first-order valence-electron chi connectivity index (χ1n) is 7.08. The average Bonchev–Trinajstić information content (AvgIpc) is 2.99. The molecule has 2 aromatic rings. The third-order valence-electron chi connectivity index (χ3n) is 3.57. The lowest BCUT2D eigenvalue weighted by molar-refractivity contribution is 0.378. The number of aromatic nitrogens is 4. The quantitative estimate of drug-likeness (QED) is 0.425.